The van der Waals surface area contributed by atoms with Gasteiger partial charge in [0.2, 0.25) is 0 Å². The molecule has 1 aliphatic heterocycles. The number of aromatic nitrogens is 3. The van der Waals surface area contributed by atoms with E-state index in [0.29, 0.717) is 18.9 Å². The summed E-state index contributed by atoms with van der Waals surface area (Å²) >= 11 is 1.67. The topological polar surface area (TPSA) is 45.2 Å². The van der Waals surface area contributed by atoms with Crippen LogP contribution in [0.4, 0.5) is 24.1 Å². The molecule has 23 heavy (non-hydrogen) atoms. The Morgan fingerprint density at radius 2 is 1.65 bits per heavy atom. The number of piperazine rings is 1. The first-order valence-corrected chi connectivity index (χ1v) is 8.01. The Balaban J connectivity index is 1.64. The minimum atomic E-state index is -4.45. The molecule has 5 nitrogen and oxygen atoms in total. The summed E-state index contributed by atoms with van der Waals surface area (Å²) < 4.78 is 37.5. The number of nitrogens with zero attached hydrogens (tertiary/aromatic N) is 5. The van der Waals surface area contributed by atoms with E-state index >= 15 is 0 Å². The van der Waals surface area contributed by atoms with Gasteiger partial charge < -0.3 is 9.80 Å². The van der Waals surface area contributed by atoms with Crippen molar-refractivity contribution in [2.24, 2.45) is 0 Å². The van der Waals surface area contributed by atoms with E-state index in [2.05, 4.69) is 20.1 Å². The van der Waals surface area contributed by atoms with E-state index in [0.717, 1.165) is 30.0 Å². The molecule has 1 fully saturated rings. The Hall–Kier alpha value is -1.90. The summed E-state index contributed by atoms with van der Waals surface area (Å²) in [5.74, 6) is 0.476. The molecule has 1 saturated heterocycles. The van der Waals surface area contributed by atoms with E-state index in [1.165, 1.54) is 10.9 Å². The average Bonchev–Trinajstić information content (AvgIpc) is 2.86. The van der Waals surface area contributed by atoms with Crippen molar-refractivity contribution in [3.63, 3.8) is 0 Å². The maximum absolute atomic E-state index is 12.5. The predicted octanol–water partition coefficient (Wildman–Crippen LogP) is 2.90. The lowest BCUT2D eigenvalue weighted by atomic mass is 10.3. The molecule has 3 heterocycles. The number of halogens is 3. The summed E-state index contributed by atoms with van der Waals surface area (Å²) in [6.45, 7) is 6.91. The molecule has 0 amide bonds. The minimum absolute atomic E-state index is 0.476. The second-order valence-corrected chi connectivity index (χ2v) is 6.57. The van der Waals surface area contributed by atoms with E-state index in [9.17, 15) is 13.2 Å². The molecule has 0 aromatic carbocycles. The SMILES string of the molecule is Cc1nc(N2CCN(c3ccc(C(F)(F)F)nn3)CC2)sc1C. The molecule has 0 atom stereocenters. The third kappa shape index (κ3) is 3.39. The van der Waals surface area contributed by atoms with Crippen LogP contribution in [0.5, 0.6) is 0 Å². The van der Waals surface area contributed by atoms with Crippen LogP contribution in [-0.4, -0.2) is 41.4 Å². The zero-order valence-corrected chi connectivity index (χ0v) is 13.6. The van der Waals surface area contributed by atoms with Gasteiger partial charge in [-0.25, -0.2) is 4.98 Å². The number of aryl methyl sites for hydroxylation is 2. The molecule has 0 spiro atoms. The van der Waals surface area contributed by atoms with Gasteiger partial charge in [0.05, 0.1) is 5.69 Å². The normalized spacial score (nSPS) is 16.0. The molecule has 0 saturated carbocycles. The number of hydrogen-bond donors (Lipinski definition) is 0. The van der Waals surface area contributed by atoms with E-state index < -0.39 is 11.9 Å². The van der Waals surface area contributed by atoms with Crippen molar-refractivity contribution in [3.8, 4) is 0 Å². The van der Waals surface area contributed by atoms with Crippen LogP contribution in [-0.2, 0) is 6.18 Å². The summed E-state index contributed by atoms with van der Waals surface area (Å²) in [7, 11) is 0. The second-order valence-electron chi connectivity index (χ2n) is 5.39. The first-order valence-electron chi connectivity index (χ1n) is 7.19. The molecule has 0 bridgehead atoms. The highest BCUT2D eigenvalue weighted by molar-refractivity contribution is 7.15. The van der Waals surface area contributed by atoms with Gasteiger partial charge in [0.1, 0.15) is 0 Å². The molecule has 0 aliphatic carbocycles. The molecule has 1 aliphatic rings. The highest BCUT2D eigenvalue weighted by Gasteiger charge is 2.33. The zero-order chi connectivity index (χ0) is 16.6. The van der Waals surface area contributed by atoms with Crippen LogP contribution >= 0.6 is 11.3 Å². The number of hydrogen-bond acceptors (Lipinski definition) is 6. The number of thiazole rings is 1. The fraction of sp³-hybridized carbons (Fsp3) is 0.500. The maximum Gasteiger partial charge on any atom is 0.435 e. The first-order chi connectivity index (χ1) is 10.8. The van der Waals surface area contributed by atoms with Gasteiger partial charge in [-0.1, -0.05) is 0 Å². The lowest BCUT2D eigenvalue weighted by Crippen LogP contribution is -2.46. The molecule has 0 unspecified atom stereocenters. The highest BCUT2D eigenvalue weighted by atomic mass is 32.1. The first kappa shape index (κ1) is 16.0. The largest absolute Gasteiger partial charge is 0.435 e. The van der Waals surface area contributed by atoms with E-state index in [4.69, 9.17) is 0 Å². The van der Waals surface area contributed by atoms with E-state index in [1.54, 1.807) is 11.3 Å². The van der Waals surface area contributed by atoms with Crippen LogP contribution in [0.1, 0.15) is 16.3 Å². The fourth-order valence-corrected chi connectivity index (χ4v) is 3.32. The van der Waals surface area contributed by atoms with Crippen LogP contribution in [0.2, 0.25) is 0 Å². The lowest BCUT2D eigenvalue weighted by molar-refractivity contribution is -0.141. The van der Waals surface area contributed by atoms with Crippen molar-refractivity contribution in [2.75, 3.05) is 36.0 Å². The molecule has 2 aromatic heterocycles. The van der Waals surface area contributed by atoms with Crippen molar-refractivity contribution in [1.29, 1.82) is 0 Å². The van der Waals surface area contributed by atoms with Crippen LogP contribution in [0.3, 0.4) is 0 Å². The standard InChI is InChI=1S/C14H16F3N5S/c1-9-10(2)23-13(18-9)22-7-5-21(6-8-22)12-4-3-11(19-20-12)14(15,16)17/h3-4H,5-8H2,1-2H3. The van der Waals surface area contributed by atoms with Gasteiger partial charge >= 0.3 is 6.18 Å². The smallest absolute Gasteiger partial charge is 0.352 e. The molecule has 0 N–H and O–H groups in total. The second kappa shape index (κ2) is 5.95. The third-order valence-electron chi connectivity index (χ3n) is 3.83. The summed E-state index contributed by atoms with van der Waals surface area (Å²) in [6, 6.07) is 2.35. The van der Waals surface area contributed by atoms with Gasteiger partial charge in [-0.15, -0.1) is 21.5 Å². The third-order valence-corrected chi connectivity index (χ3v) is 4.97. The van der Waals surface area contributed by atoms with E-state index in [-0.39, 0.29) is 0 Å². The van der Waals surface area contributed by atoms with Crippen molar-refractivity contribution in [2.45, 2.75) is 20.0 Å². The Kier molecular flexibility index (Phi) is 4.13. The summed E-state index contributed by atoms with van der Waals surface area (Å²) in [4.78, 5) is 9.88. The molecular formula is C14H16F3N5S. The van der Waals surface area contributed by atoms with Crippen LogP contribution in [0, 0.1) is 13.8 Å². The Morgan fingerprint density at radius 3 is 2.13 bits per heavy atom. The van der Waals surface area contributed by atoms with Crippen molar-refractivity contribution >= 4 is 22.3 Å². The Labute approximate surface area is 135 Å². The number of rotatable bonds is 2. The van der Waals surface area contributed by atoms with Gasteiger partial charge in [0, 0.05) is 31.1 Å². The quantitative estimate of drug-likeness (QED) is 0.839. The predicted molar refractivity (Wildman–Crippen MR) is 83.0 cm³/mol. The Bertz CT molecular complexity index is 655. The van der Waals surface area contributed by atoms with Gasteiger partial charge in [-0.05, 0) is 26.0 Å². The molecule has 3 rings (SSSR count). The van der Waals surface area contributed by atoms with Crippen LogP contribution in [0.15, 0.2) is 12.1 Å². The highest BCUT2D eigenvalue weighted by Crippen LogP contribution is 2.29. The van der Waals surface area contributed by atoms with Crippen molar-refractivity contribution < 1.29 is 13.2 Å². The van der Waals surface area contributed by atoms with Gasteiger partial charge in [-0.2, -0.15) is 13.2 Å². The summed E-state index contributed by atoms with van der Waals surface area (Å²) in [6.07, 6.45) is -4.45. The molecule has 0 radical (unpaired) electrons. The Morgan fingerprint density at radius 1 is 1.00 bits per heavy atom. The molecule has 124 valence electrons. The lowest BCUT2D eigenvalue weighted by Gasteiger charge is -2.35. The van der Waals surface area contributed by atoms with E-state index in [1.807, 2.05) is 18.7 Å². The summed E-state index contributed by atoms with van der Waals surface area (Å²) in [5, 5.41) is 7.98. The van der Waals surface area contributed by atoms with Crippen molar-refractivity contribution in [3.05, 3.63) is 28.4 Å². The number of alkyl halides is 3. The molecule has 9 heteroatoms. The van der Waals surface area contributed by atoms with Gasteiger partial charge in [0.25, 0.3) is 0 Å². The maximum atomic E-state index is 12.5. The van der Waals surface area contributed by atoms with Gasteiger partial charge in [0.15, 0.2) is 16.6 Å². The average molecular weight is 343 g/mol. The molecule has 2 aromatic rings. The van der Waals surface area contributed by atoms with Crippen molar-refractivity contribution in [1.82, 2.24) is 15.2 Å². The van der Waals surface area contributed by atoms with Crippen LogP contribution < -0.4 is 9.80 Å². The number of anilines is 2. The molecular weight excluding hydrogens is 327 g/mol. The monoisotopic (exact) mass is 343 g/mol. The minimum Gasteiger partial charge on any atom is -0.352 e. The van der Waals surface area contributed by atoms with Crippen LogP contribution in [0.25, 0.3) is 0 Å². The fourth-order valence-electron chi connectivity index (χ4n) is 2.36. The van der Waals surface area contributed by atoms with Gasteiger partial charge in [-0.3, -0.25) is 0 Å². The summed E-state index contributed by atoms with van der Waals surface area (Å²) in [5.41, 5.74) is 0.0784. The zero-order valence-electron chi connectivity index (χ0n) is 12.8.